The Morgan fingerprint density at radius 2 is 2.20 bits per heavy atom. The summed E-state index contributed by atoms with van der Waals surface area (Å²) in [5.74, 6) is 0.913. The number of hydrogen-bond donors (Lipinski definition) is 2. The molecule has 0 saturated carbocycles. The molecule has 0 atom stereocenters. The molecule has 0 unspecified atom stereocenters. The average Bonchev–Trinajstić information content (AvgIpc) is 2.82. The fraction of sp³-hybridized carbons (Fsp3) is 0.692. The van der Waals surface area contributed by atoms with Gasteiger partial charge in [0.15, 0.2) is 5.96 Å². The molecule has 1 aliphatic heterocycles. The van der Waals surface area contributed by atoms with Gasteiger partial charge in [0.25, 0.3) is 0 Å². The van der Waals surface area contributed by atoms with Crippen LogP contribution in [-0.2, 0) is 6.54 Å². The van der Waals surface area contributed by atoms with Crippen LogP contribution in [0.1, 0.15) is 18.4 Å². The summed E-state index contributed by atoms with van der Waals surface area (Å²) in [5.41, 5.74) is 1.18. The van der Waals surface area contributed by atoms with Crippen LogP contribution in [0.5, 0.6) is 0 Å². The molecule has 0 bridgehead atoms. The quantitative estimate of drug-likeness (QED) is 0.454. The van der Waals surface area contributed by atoms with Crippen molar-refractivity contribution in [2.24, 2.45) is 4.99 Å². The topological polar surface area (TPSA) is 65.7 Å². The van der Waals surface area contributed by atoms with Crippen molar-refractivity contribution in [2.75, 3.05) is 26.7 Å². The normalized spacial score (nSPS) is 16.9. The summed E-state index contributed by atoms with van der Waals surface area (Å²) in [6.45, 7) is 5.38. The van der Waals surface area contributed by atoms with Gasteiger partial charge in [-0.05, 0) is 25.3 Å². The maximum Gasteiger partial charge on any atom is 0.193 e. The van der Waals surface area contributed by atoms with Crippen molar-refractivity contribution in [1.29, 1.82) is 0 Å². The summed E-state index contributed by atoms with van der Waals surface area (Å²) in [4.78, 5) is 6.49. The van der Waals surface area contributed by atoms with Gasteiger partial charge in [-0.2, -0.15) is 5.10 Å². The number of nitrogens with zero attached hydrogens (tertiary/aromatic N) is 4. The lowest BCUT2D eigenvalue weighted by molar-refractivity contribution is 0.108. The van der Waals surface area contributed by atoms with Gasteiger partial charge >= 0.3 is 0 Å². The first-order chi connectivity index (χ1) is 9.19. The molecule has 1 fully saturated rings. The Hall–Kier alpha value is -0.830. The molecule has 7 heteroatoms. The van der Waals surface area contributed by atoms with Gasteiger partial charge < -0.3 is 15.3 Å². The molecule has 2 N–H and O–H groups in total. The Bertz CT molecular complexity index is 426. The van der Waals surface area contributed by atoms with Crippen LogP contribution in [0.3, 0.4) is 0 Å². The van der Waals surface area contributed by atoms with E-state index in [1.807, 2.05) is 24.0 Å². The standard InChI is InChI=1S/C13H23N5O.HI/c1-11-9-16-18(10-11)8-5-15-13(14-2)17-6-3-12(19)4-7-17;/h9-10,12,19H,3-8H2,1-2H3,(H,14,15);1H. The highest BCUT2D eigenvalue weighted by molar-refractivity contribution is 14.0. The van der Waals surface area contributed by atoms with E-state index in [2.05, 4.69) is 20.3 Å². The zero-order valence-electron chi connectivity index (χ0n) is 12.1. The maximum absolute atomic E-state index is 9.51. The van der Waals surface area contributed by atoms with Crippen molar-refractivity contribution in [3.8, 4) is 0 Å². The fourth-order valence-electron chi connectivity index (χ4n) is 2.28. The summed E-state index contributed by atoms with van der Waals surface area (Å²) in [6.07, 6.45) is 5.38. The lowest BCUT2D eigenvalue weighted by Gasteiger charge is -2.32. The summed E-state index contributed by atoms with van der Waals surface area (Å²) in [5, 5.41) is 17.1. The lowest BCUT2D eigenvalue weighted by atomic mass is 10.1. The minimum atomic E-state index is -0.151. The molecule has 1 saturated heterocycles. The van der Waals surface area contributed by atoms with Crippen molar-refractivity contribution in [2.45, 2.75) is 32.4 Å². The van der Waals surface area contributed by atoms with Crippen LogP contribution in [0.25, 0.3) is 0 Å². The summed E-state index contributed by atoms with van der Waals surface area (Å²) in [7, 11) is 1.80. The van der Waals surface area contributed by atoms with Crippen LogP contribution >= 0.6 is 24.0 Å². The van der Waals surface area contributed by atoms with Crippen LogP contribution in [0.2, 0.25) is 0 Å². The number of aromatic nitrogens is 2. The van der Waals surface area contributed by atoms with Crippen LogP contribution in [-0.4, -0.2) is 58.5 Å². The number of piperidine rings is 1. The molecule has 0 spiro atoms. The summed E-state index contributed by atoms with van der Waals surface area (Å²) in [6, 6.07) is 0. The molecule has 0 aliphatic carbocycles. The molecule has 0 amide bonds. The number of aryl methyl sites for hydroxylation is 1. The highest BCUT2D eigenvalue weighted by Crippen LogP contribution is 2.09. The van der Waals surface area contributed by atoms with Gasteiger partial charge in [0.1, 0.15) is 0 Å². The Balaban J connectivity index is 0.00000200. The van der Waals surface area contributed by atoms with Crippen molar-refractivity contribution in [3.05, 3.63) is 18.0 Å². The van der Waals surface area contributed by atoms with E-state index in [-0.39, 0.29) is 30.1 Å². The largest absolute Gasteiger partial charge is 0.393 e. The third kappa shape index (κ3) is 4.93. The minimum Gasteiger partial charge on any atom is -0.393 e. The van der Waals surface area contributed by atoms with Crippen LogP contribution < -0.4 is 5.32 Å². The predicted octanol–water partition coefficient (Wildman–Crippen LogP) is 0.842. The second-order valence-electron chi connectivity index (χ2n) is 4.97. The zero-order valence-corrected chi connectivity index (χ0v) is 14.4. The number of nitrogens with one attached hydrogen (secondary N) is 1. The van der Waals surface area contributed by atoms with Crippen LogP contribution in [0.4, 0.5) is 0 Å². The number of hydrogen-bond acceptors (Lipinski definition) is 3. The minimum absolute atomic E-state index is 0. The lowest BCUT2D eigenvalue weighted by Crippen LogP contribution is -2.47. The Labute approximate surface area is 137 Å². The number of rotatable bonds is 3. The smallest absolute Gasteiger partial charge is 0.193 e. The molecular weight excluding hydrogens is 369 g/mol. The first kappa shape index (κ1) is 17.2. The van der Waals surface area contributed by atoms with Crippen LogP contribution in [0, 0.1) is 6.92 Å². The molecule has 1 aliphatic rings. The summed E-state index contributed by atoms with van der Waals surface area (Å²) < 4.78 is 1.93. The number of aliphatic hydroxyl groups excluding tert-OH is 1. The Morgan fingerprint density at radius 1 is 1.50 bits per heavy atom. The third-order valence-corrected chi connectivity index (χ3v) is 3.36. The van der Waals surface area contributed by atoms with Crippen molar-refractivity contribution < 1.29 is 5.11 Å². The van der Waals surface area contributed by atoms with Gasteiger partial charge in [0.05, 0.1) is 18.8 Å². The van der Waals surface area contributed by atoms with Gasteiger partial charge in [-0.15, -0.1) is 24.0 Å². The number of halogens is 1. The van der Waals surface area contributed by atoms with E-state index in [0.29, 0.717) is 0 Å². The molecule has 2 heterocycles. The highest BCUT2D eigenvalue weighted by Gasteiger charge is 2.19. The van der Waals surface area contributed by atoms with Crippen molar-refractivity contribution in [3.63, 3.8) is 0 Å². The van der Waals surface area contributed by atoms with E-state index < -0.39 is 0 Å². The summed E-state index contributed by atoms with van der Waals surface area (Å²) >= 11 is 0. The second-order valence-corrected chi connectivity index (χ2v) is 4.97. The predicted molar refractivity (Wildman–Crippen MR) is 90.6 cm³/mol. The zero-order chi connectivity index (χ0) is 13.7. The van der Waals surface area contributed by atoms with E-state index in [1.54, 1.807) is 7.05 Å². The van der Waals surface area contributed by atoms with Gasteiger partial charge in [-0.25, -0.2) is 0 Å². The van der Waals surface area contributed by atoms with Gasteiger partial charge in [-0.1, -0.05) is 0 Å². The number of likely N-dealkylation sites (tertiary alicyclic amines) is 1. The van der Waals surface area contributed by atoms with E-state index in [9.17, 15) is 5.11 Å². The number of aliphatic imine (C=N–C) groups is 1. The Morgan fingerprint density at radius 3 is 2.75 bits per heavy atom. The van der Waals surface area contributed by atoms with Gasteiger partial charge in [-0.3, -0.25) is 9.67 Å². The van der Waals surface area contributed by atoms with E-state index in [4.69, 9.17) is 0 Å². The molecular formula is C13H24IN5O. The first-order valence-electron chi connectivity index (χ1n) is 6.82. The SMILES string of the molecule is CN=C(NCCn1cc(C)cn1)N1CCC(O)CC1.I. The van der Waals surface area contributed by atoms with Crippen molar-refractivity contribution in [1.82, 2.24) is 20.0 Å². The molecule has 20 heavy (non-hydrogen) atoms. The van der Waals surface area contributed by atoms with Gasteiger partial charge in [0.2, 0.25) is 0 Å². The second kappa shape index (κ2) is 8.46. The monoisotopic (exact) mass is 393 g/mol. The van der Waals surface area contributed by atoms with E-state index >= 15 is 0 Å². The van der Waals surface area contributed by atoms with Crippen molar-refractivity contribution >= 4 is 29.9 Å². The fourth-order valence-corrected chi connectivity index (χ4v) is 2.28. The number of guanidine groups is 1. The molecule has 6 nitrogen and oxygen atoms in total. The maximum atomic E-state index is 9.51. The molecule has 0 radical (unpaired) electrons. The van der Waals surface area contributed by atoms with E-state index in [1.165, 1.54) is 5.56 Å². The molecule has 1 aromatic rings. The van der Waals surface area contributed by atoms with Gasteiger partial charge in [0, 0.05) is 32.9 Å². The third-order valence-electron chi connectivity index (χ3n) is 3.36. The number of aliphatic hydroxyl groups is 1. The molecule has 1 aromatic heterocycles. The molecule has 0 aromatic carbocycles. The molecule has 2 rings (SSSR count). The van der Waals surface area contributed by atoms with Crippen LogP contribution in [0.15, 0.2) is 17.4 Å². The highest BCUT2D eigenvalue weighted by atomic mass is 127. The average molecular weight is 393 g/mol. The first-order valence-corrected chi connectivity index (χ1v) is 6.82. The molecule has 114 valence electrons. The Kier molecular flexibility index (Phi) is 7.28. The van der Waals surface area contributed by atoms with E-state index in [0.717, 1.165) is 45.0 Å².